The highest BCUT2D eigenvalue weighted by Gasteiger charge is 2.30. The number of benzene rings is 2. The van der Waals surface area contributed by atoms with Gasteiger partial charge in [0.2, 0.25) is 5.89 Å². The maximum absolute atomic E-state index is 14.6. The number of aliphatic carboxylic acids is 1. The van der Waals surface area contributed by atoms with Crippen molar-refractivity contribution in [2.75, 3.05) is 13.1 Å². The largest absolute Gasteiger partial charge is 0.486 e. The molecule has 0 saturated heterocycles. The van der Waals surface area contributed by atoms with E-state index in [2.05, 4.69) is 4.98 Å². The van der Waals surface area contributed by atoms with Gasteiger partial charge in [0, 0.05) is 31.6 Å². The number of hydrogen-bond acceptors (Lipinski definition) is 5. The second kappa shape index (κ2) is 9.46. The summed E-state index contributed by atoms with van der Waals surface area (Å²) in [7, 11) is 0. The van der Waals surface area contributed by atoms with Crippen molar-refractivity contribution < 1.29 is 36.6 Å². The van der Waals surface area contributed by atoms with E-state index in [9.17, 15) is 22.4 Å². The quantitative estimate of drug-likeness (QED) is 0.473. The average molecular weight is 478 g/mol. The molecule has 2 heterocycles. The number of alkyl halides is 3. The molecule has 0 bridgehead atoms. The maximum atomic E-state index is 14.6. The molecule has 0 saturated carbocycles. The van der Waals surface area contributed by atoms with Crippen LogP contribution in [0.1, 0.15) is 29.5 Å². The van der Waals surface area contributed by atoms with Crippen LogP contribution >= 0.6 is 0 Å². The third kappa shape index (κ3) is 5.39. The zero-order valence-electron chi connectivity index (χ0n) is 18.2. The number of oxazole rings is 1. The van der Waals surface area contributed by atoms with Crippen molar-refractivity contribution >= 4 is 5.97 Å². The minimum atomic E-state index is -4.42. The van der Waals surface area contributed by atoms with Crippen LogP contribution in [-0.4, -0.2) is 34.0 Å². The predicted molar refractivity (Wildman–Crippen MR) is 113 cm³/mol. The molecule has 1 aliphatic rings. The van der Waals surface area contributed by atoms with Crippen molar-refractivity contribution in [3.63, 3.8) is 0 Å². The first kappa shape index (κ1) is 23.7. The van der Waals surface area contributed by atoms with Gasteiger partial charge in [-0.05, 0) is 35.9 Å². The van der Waals surface area contributed by atoms with E-state index in [-0.39, 0.29) is 18.2 Å². The fourth-order valence-corrected chi connectivity index (χ4v) is 3.70. The van der Waals surface area contributed by atoms with Gasteiger partial charge in [-0.1, -0.05) is 19.1 Å². The smallest absolute Gasteiger partial charge is 0.416 e. The zero-order chi connectivity index (χ0) is 24.5. The molecule has 1 aromatic heterocycles. The molecular formula is C24H22F4N2O4. The first-order valence-corrected chi connectivity index (χ1v) is 10.6. The molecule has 3 aromatic rings. The normalized spacial score (nSPS) is 15.1. The van der Waals surface area contributed by atoms with Gasteiger partial charge in [0.05, 0.1) is 17.2 Å². The molecule has 0 aliphatic carbocycles. The van der Waals surface area contributed by atoms with Crippen molar-refractivity contribution in [2.45, 2.75) is 32.7 Å². The zero-order valence-corrected chi connectivity index (χ0v) is 18.2. The van der Waals surface area contributed by atoms with Crippen LogP contribution in [-0.2, 0) is 30.5 Å². The second-order valence-electron chi connectivity index (χ2n) is 8.24. The number of hydrogen-bond donors (Lipinski definition) is 1. The van der Waals surface area contributed by atoms with Crippen LogP contribution < -0.4 is 4.74 Å². The van der Waals surface area contributed by atoms with E-state index in [1.807, 2.05) is 4.90 Å². The van der Waals surface area contributed by atoms with Gasteiger partial charge < -0.3 is 14.3 Å². The van der Waals surface area contributed by atoms with Crippen molar-refractivity contribution in [3.05, 3.63) is 70.9 Å². The van der Waals surface area contributed by atoms with E-state index in [0.717, 1.165) is 12.1 Å². The summed E-state index contributed by atoms with van der Waals surface area (Å²) in [6.07, 6.45) is -3.85. The highest BCUT2D eigenvalue weighted by Crippen LogP contribution is 2.31. The number of halogens is 4. The Hall–Kier alpha value is -3.40. The number of ether oxygens (including phenoxy) is 1. The molecule has 10 heteroatoms. The summed E-state index contributed by atoms with van der Waals surface area (Å²) < 4.78 is 63.8. The number of fused-ring (bicyclic) bond motifs is 1. The van der Waals surface area contributed by atoms with Gasteiger partial charge in [0.25, 0.3) is 0 Å². The molecule has 1 aliphatic heterocycles. The van der Waals surface area contributed by atoms with E-state index < -0.39 is 29.4 Å². The summed E-state index contributed by atoms with van der Waals surface area (Å²) in [5.74, 6) is -1.12. The van der Waals surface area contributed by atoms with Crippen LogP contribution in [0, 0.1) is 11.7 Å². The van der Waals surface area contributed by atoms with Gasteiger partial charge in [-0.15, -0.1) is 0 Å². The van der Waals surface area contributed by atoms with Gasteiger partial charge in [-0.3, -0.25) is 9.69 Å². The van der Waals surface area contributed by atoms with Crippen molar-refractivity contribution in [1.82, 2.24) is 9.88 Å². The summed E-state index contributed by atoms with van der Waals surface area (Å²) in [6.45, 7) is 3.05. The molecule has 0 spiro atoms. The fourth-order valence-electron chi connectivity index (χ4n) is 3.70. The molecule has 4 rings (SSSR count). The summed E-state index contributed by atoms with van der Waals surface area (Å²) in [6, 6.07) is 8.70. The Kier molecular flexibility index (Phi) is 6.60. The van der Waals surface area contributed by atoms with Crippen LogP contribution in [0.2, 0.25) is 0 Å². The maximum Gasteiger partial charge on any atom is 0.416 e. The van der Waals surface area contributed by atoms with E-state index in [4.69, 9.17) is 14.3 Å². The highest BCUT2D eigenvalue weighted by molar-refractivity contribution is 5.69. The molecular weight excluding hydrogens is 456 g/mol. The van der Waals surface area contributed by atoms with E-state index in [1.165, 1.54) is 24.3 Å². The molecule has 1 unspecified atom stereocenters. The minimum absolute atomic E-state index is 0.0474. The third-order valence-electron chi connectivity index (χ3n) is 5.61. The van der Waals surface area contributed by atoms with Crippen molar-refractivity contribution in [1.29, 1.82) is 0 Å². The molecule has 0 amide bonds. The average Bonchev–Trinajstić information content (AvgIpc) is 3.21. The van der Waals surface area contributed by atoms with Crippen molar-refractivity contribution in [2.24, 2.45) is 5.92 Å². The van der Waals surface area contributed by atoms with Crippen LogP contribution in [0.25, 0.3) is 11.5 Å². The van der Waals surface area contributed by atoms with Crippen LogP contribution in [0.15, 0.2) is 46.9 Å². The number of aromatic nitrogens is 1. The van der Waals surface area contributed by atoms with Crippen LogP contribution in [0.4, 0.5) is 17.6 Å². The first-order chi connectivity index (χ1) is 16.1. The SMILES string of the molecule is CC(CN1CCc2oc(-c3ccc(OCc4ccc(C(F)(F)F)cc4)c(F)c3)nc2C1)C(=O)O. The third-order valence-corrected chi connectivity index (χ3v) is 5.61. The molecule has 0 radical (unpaired) electrons. The molecule has 2 aromatic carbocycles. The first-order valence-electron chi connectivity index (χ1n) is 10.6. The van der Waals surface area contributed by atoms with Gasteiger partial charge >= 0.3 is 12.1 Å². The standard InChI is InChI=1S/C24H22F4N2O4/c1-14(23(31)32)11-30-9-8-21-19(12-30)29-22(34-21)16-4-7-20(18(25)10-16)33-13-15-2-5-17(6-3-15)24(26,27)28/h2-7,10,14H,8-9,11-13H2,1H3,(H,31,32). The summed E-state index contributed by atoms with van der Waals surface area (Å²) in [4.78, 5) is 17.5. The van der Waals surface area contributed by atoms with Gasteiger partial charge in [0.15, 0.2) is 11.6 Å². The lowest BCUT2D eigenvalue weighted by Crippen LogP contribution is -2.35. The molecule has 180 valence electrons. The summed E-state index contributed by atoms with van der Waals surface area (Å²) in [5.41, 5.74) is 0.819. The van der Waals surface area contributed by atoms with E-state index >= 15 is 0 Å². The van der Waals surface area contributed by atoms with Gasteiger partial charge in [-0.25, -0.2) is 9.37 Å². The Bertz CT molecular complexity index is 1170. The lowest BCUT2D eigenvalue weighted by atomic mass is 10.1. The lowest BCUT2D eigenvalue weighted by Gasteiger charge is -2.26. The number of rotatable bonds is 7. The number of carbonyl (C=O) groups is 1. The predicted octanol–water partition coefficient (Wildman–Crippen LogP) is 5.16. The number of nitrogens with zero attached hydrogens (tertiary/aromatic N) is 2. The Labute approximate surface area is 192 Å². The summed E-state index contributed by atoms with van der Waals surface area (Å²) >= 11 is 0. The topological polar surface area (TPSA) is 75.8 Å². The monoisotopic (exact) mass is 478 g/mol. The van der Waals surface area contributed by atoms with Crippen molar-refractivity contribution in [3.8, 4) is 17.2 Å². The van der Waals surface area contributed by atoms with E-state index in [0.29, 0.717) is 48.6 Å². The lowest BCUT2D eigenvalue weighted by molar-refractivity contribution is -0.142. The molecule has 6 nitrogen and oxygen atoms in total. The minimum Gasteiger partial charge on any atom is -0.486 e. The van der Waals surface area contributed by atoms with Crippen LogP contribution in [0.3, 0.4) is 0 Å². The molecule has 0 fully saturated rings. The Morgan fingerprint density at radius 3 is 2.62 bits per heavy atom. The van der Waals surface area contributed by atoms with E-state index in [1.54, 1.807) is 13.0 Å². The molecule has 1 atom stereocenters. The Balaban J connectivity index is 1.41. The Morgan fingerprint density at radius 1 is 1.24 bits per heavy atom. The Morgan fingerprint density at radius 2 is 1.97 bits per heavy atom. The molecule has 1 N–H and O–H groups in total. The highest BCUT2D eigenvalue weighted by atomic mass is 19.4. The van der Waals surface area contributed by atoms with Gasteiger partial charge in [-0.2, -0.15) is 13.2 Å². The number of carboxylic acid groups (broad SMARTS) is 1. The van der Waals surface area contributed by atoms with Crippen LogP contribution in [0.5, 0.6) is 5.75 Å². The van der Waals surface area contributed by atoms with Gasteiger partial charge in [0.1, 0.15) is 12.4 Å². The second-order valence-corrected chi connectivity index (χ2v) is 8.24. The summed E-state index contributed by atoms with van der Waals surface area (Å²) in [5, 5.41) is 9.10. The molecule has 34 heavy (non-hydrogen) atoms. The number of carboxylic acids is 1. The fraction of sp³-hybridized carbons (Fsp3) is 0.333.